The van der Waals surface area contributed by atoms with Crippen LogP contribution in [0.4, 0.5) is 14.7 Å². The number of benzene rings is 1. The number of sulfonamides is 1. The van der Waals surface area contributed by atoms with Gasteiger partial charge in [-0.1, -0.05) is 6.07 Å². The van der Waals surface area contributed by atoms with E-state index >= 15 is 0 Å². The van der Waals surface area contributed by atoms with Crippen molar-refractivity contribution in [2.24, 2.45) is 0 Å². The number of nitrogens with zero attached hydrogens (tertiary/aromatic N) is 4. The molecule has 1 saturated heterocycles. The van der Waals surface area contributed by atoms with Gasteiger partial charge in [0.25, 0.3) is 0 Å². The van der Waals surface area contributed by atoms with Crippen LogP contribution in [0.15, 0.2) is 23.1 Å². The molecule has 0 amide bonds. The second-order valence-electron chi connectivity index (χ2n) is 5.51. The highest BCUT2D eigenvalue weighted by molar-refractivity contribution is 7.89. The van der Waals surface area contributed by atoms with Crippen LogP contribution >= 0.6 is 0 Å². The zero-order chi connectivity index (χ0) is 19.4. The van der Waals surface area contributed by atoms with Crippen molar-refractivity contribution in [1.82, 2.24) is 19.7 Å². The van der Waals surface area contributed by atoms with Crippen molar-refractivity contribution < 1.29 is 26.7 Å². The maximum absolute atomic E-state index is 13.8. The summed E-state index contributed by atoms with van der Waals surface area (Å²) in [6.45, 7) is 1.72. The van der Waals surface area contributed by atoms with Crippen LogP contribution in [0.3, 0.4) is 0 Å². The summed E-state index contributed by atoms with van der Waals surface area (Å²) < 4.78 is 64.4. The zero-order valence-corrected chi connectivity index (χ0v) is 15.2. The molecule has 1 N–H and O–H groups in total. The molecule has 1 aliphatic rings. The molecule has 0 atom stereocenters. The molecule has 0 bridgehead atoms. The van der Waals surface area contributed by atoms with E-state index in [1.807, 2.05) is 4.90 Å². The van der Waals surface area contributed by atoms with E-state index in [0.29, 0.717) is 32.3 Å². The molecule has 0 saturated carbocycles. The van der Waals surface area contributed by atoms with Gasteiger partial charge in [-0.3, -0.25) is 0 Å². The highest BCUT2D eigenvalue weighted by atomic mass is 32.2. The lowest BCUT2D eigenvalue weighted by atomic mass is 10.3. The number of methoxy groups -OCH3 is 1. The van der Waals surface area contributed by atoms with Crippen LogP contribution in [0.25, 0.3) is 0 Å². The molecule has 0 radical (unpaired) electrons. The molecular formula is C15H17F2N5O4S. The number of ether oxygens (including phenoxy) is 2. The lowest BCUT2D eigenvalue weighted by molar-refractivity contribution is 0.122. The molecule has 146 valence electrons. The highest BCUT2D eigenvalue weighted by Gasteiger charge is 2.24. The Labute approximate surface area is 154 Å². The Bertz CT molecular complexity index is 902. The molecule has 3 rings (SSSR count). The van der Waals surface area contributed by atoms with E-state index in [1.165, 1.54) is 7.11 Å². The Balaban J connectivity index is 1.82. The molecule has 12 heteroatoms. The summed E-state index contributed by atoms with van der Waals surface area (Å²) in [5, 5.41) is 0. The smallest absolute Gasteiger partial charge is 0.321 e. The largest absolute Gasteiger partial charge is 0.467 e. The van der Waals surface area contributed by atoms with E-state index in [2.05, 4.69) is 19.7 Å². The predicted octanol–water partition coefficient (Wildman–Crippen LogP) is 0.474. The molecule has 0 unspecified atom stereocenters. The molecular weight excluding hydrogens is 384 g/mol. The molecule has 1 aliphatic heterocycles. The van der Waals surface area contributed by atoms with E-state index in [0.717, 1.165) is 18.2 Å². The fourth-order valence-corrected chi connectivity index (χ4v) is 3.55. The molecule has 0 spiro atoms. The van der Waals surface area contributed by atoms with Crippen LogP contribution in [0, 0.1) is 11.6 Å². The minimum atomic E-state index is -4.45. The summed E-state index contributed by atoms with van der Waals surface area (Å²) in [4.78, 5) is 13.1. The second-order valence-corrected chi connectivity index (χ2v) is 7.22. The molecule has 27 heavy (non-hydrogen) atoms. The van der Waals surface area contributed by atoms with E-state index in [9.17, 15) is 17.2 Å². The van der Waals surface area contributed by atoms with Crippen LogP contribution < -0.4 is 14.4 Å². The first-order valence-corrected chi connectivity index (χ1v) is 9.44. The van der Waals surface area contributed by atoms with Gasteiger partial charge in [0.15, 0.2) is 10.7 Å². The topological polar surface area (TPSA) is 107 Å². The molecule has 1 fully saturated rings. The Morgan fingerprint density at radius 3 is 2.48 bits per heavy atom. The molecule has 1 aromatic carbocycles. The third-order valence-corrected chi connectivity index (χ3v) is 5.19. The van der Waals surface area contributed by atoms with Crippen molar-refractivity contribution in [2.75, 3.05) is 38.3 Å². The first-order valence-electron chi connectivity index (χ1n) is 7.96. The van der Waals surface area contributed by atoms with Crippen molar-refractivity contribution in [3.8, 4) is 6.01 Å². The van der Waals surface area contributed by atoms with Crippen molar-refractivity contribution in [3.05, 3.63) is 35.7 Å². The Morgan fingerprint density at radius 1 is 1.19 bits per heavy atom. The lowest BCUT2D eigenvalue weighted by Gasteiger charge is -2.26. The van der Waals surface area contributed by atoms with Gasteiger partial charge in [0, 0.05) is 13.1 Å². The van der Waals surface area contributed by atoms with E-state index in [4.69, 9.17) is 9.47 Å². The Hall–Kier alpha value is -2.44. The molecule has 0 aliphatic carbocycles. The number of hydrogen-bond acceptors (Lipinski definition) is 8. The van der Waals surface area contributed by atoms with Crippen molar-refractivity contribution >= 4 is 16.0 Å². The summed E-state index contributed by atoms with van der Waals surface area (Å²) in [6, 6.07) is 2.80. The van der Waals surface area contributed by atoms with Gasteiger partial charge in [-0.15, -0.1) is 0 Å². The second kappa shape index (κ2) is 8.06. The fourth-order valence-electron chi connectivity index (χ4n) is 2.43. The number of halogens is 2. The summed E-state index contributed by atoms with van der Waals surface area (Å²) in [5.41, 5.74) is 0. The van der Waals surface area contributed by atoms with Gasteiger partial charge in [-0.05, 0) is 12.1 Å². The minimum Gasteiger partial charge on any atom is -0.467 e. The van der Waals surface area contributed by atoms with E-state index < -0.39 is 33.1 Å². The molecule has 9 nitrogen and oxygen atoms in total. The van der Waals surface area contributed by atoms with Gasteiger partial charge in [0.05, 0.1) is 26.9 Å². The normalized spacial score (nSPS) is 15.0. The Morgan fingerprint density at radius 2 is 1.85 bits per heavy atom. The summed E-state index contributed by atoms with van der Waals surface area (Å²) in [5.74, 6) is -2.03. The number of rotatable bonds is 6. The van der Waals surface area contributed by atoms with Gasteiger partial charge >= 0.3 is 6.01 Å². The van der Waals surface area contributed by atoms with Crippen molar-refractivity contribution in [3.63, 3.8) is 0 Å². The molecule has 1 aromatic heterocycles. The van der Waals surface area contributed by atoms with Crippen LogP contribution in [0.5, 0.6) is 6.01 Å². The van der Waals surface area contributed by atoms with Crippen molar-refractivity contribution in [2.45, 2.75) is 11.4 Å². The van der Waals surface area contributed by atoms with Crippen LogP contribution in [0.1, 0.15) is 5.82 Å². The average Bonchev–Trinajstić information content (AvgIpc) is 2.66. The number of anilines is 1. The summed E-state index contributed by atoms with van der Waals surface area (Å²) in [7, 11) is -3.09. The maximum Gasteiger partial charge on any atom is 0.321 e. The number of hydrogen-bond donors (Lipinski definition) is 1. The average molecular weight is 401 g/mol. The first-order chi connectivity index (χ1) is 12.9. The SMILES string of the molecule is COc1nc(CNS(=O)(=O)c2c(F)cccc2F)nc(N2CCOCC2)n1. The minimum absolute atomic E-state index is 0.00207. The number of aromatic nitrogens is 3. The van der Waals surface area contributed by atoms with E-state index in [1.54, 1.807) is 0 Å². The number of morpholine rings is 1. The van der Waals surface area contributed by atoms with Crippen molar-refractivity contribution in [1.29, 1.82) is 0 Å². The first kappa shape index (κ1) is 19.3. The predicted molar refractivity (Wildman–Crippen MR) is 89.8 cm³/mol. The Kier molecular flexibility index (Phi) is 5.77. The lowest BCUT2D eigenvalue weighted by Crippen LogP contribution is -2.37. The van der Waals surface area contributed by atoms with Gasteiger partial charge in [-0.25, -0.2) is 21.9 Å². The van der Waals surface area contributed by atoms with Gasteiger partial charge < -0.3 is 14.4 Å². The molecule has 2 heterocycles. The third-order valence-electron chi connectivity index (χ3n) is 3.73. The van der Waals surface area contributed by atoms with Gasteiger partial charge in [0.2, 0.25) is 16.0 Å². The fraction of sp³-hybridized carbons (Fsp3) is 0.400. The van der Waals surface area contributed by atoms with Crippen LogP contribution in [-0.2, 0) is 21.3 Å². The maximum atomic E-state index is 13.8. The van der Waals surface area contributed by atoms with Crippen LogP contribution in [-0.4, -0.2) is 56.8 Å². The monoisotopic (exact) mass is 401 g/mol. The summed E-state index contributed by atoms with van der Waals surface area (Å²) >= 11 is 0. The van der Waals surface area contributed by atoms with Crippen LogP contribution in [0.2, 0.25) is 0 Å². The standard InChI is InChI=1S/C15H17F2N5O4S/c1-25-15-20-12(19-14(21-15)22-5-7-26-8-6-22)9-18-27(23,24)13-10(16)3-2-4-11(13)17/h2-4,18H,5-9H2,1H3. The van der Waals surface area contributed by atoms with Gasteiger partial charge in [-0.2, -0.15) is 15.0 Å². The number of nitrogens with one attached hydrogen (secondary N) is 1. The molecule has 2 aromatic rings. The third kappa shape index (κ3) is 4.46. The highest BCUT2D eigenvalue weighted by Crippen LogP contribution is 2.19. The van der Waals surface area contributed by atoms with E-state index in [-0.39, 0.29) is 11.8 Å². The zero-order valence-electron chi connectivity index (χ0n) is 14.4. The quantitative estimate of drug-likeness (QED) is 0.745. The summed E-state index contributed by atoms with van der Waals surface area (Å²) in [6.07, 6.45) is 0. The van der Waals surface area contributed by atoms with Gasteiger partial charge in [0.1, 0.15) is 11.6 Å².